The van der Waals surface area contributed by atoms with E-state index in [4.69, 9.17) is 24.7 Å². The molecule has 0 aliphatic rings. The topological polar surface area (TPSA) is 159 Å². The quantitative estimate of drug-likeness (QED) is 0.0945. The van der Waals surface area contributed by atoms with Gasteiger partial charge in [-0.05, 0) is 63.9 Å². The molecule has 0 aliphatic heterocycles. The molecule has 10 heteroatoms. The van der Waals surface area contributed by atoms with Crippen molar-refractivity contribution in [1.82, 2.24) is 0 Å². The smallest absolute Gasteiger partial charge is 0.269 e. The fourth-order valence-corrected chi connectivity index (χ4v) is 4.67. The Balaban J connectivity index is 0.000000193. The fourth-order valence-electron chi connectivity index (χ4n) is 4.67. The van der Waals surface area contributed by atoms with Crippen molar-refractivity contribution in [3.05, 3.63) is 135 Å². The highest BCUT2D eigenvalue weighted by Gasteiger charge is 2.27. The van der Waals surface area contributed by atoms with E-state index in [0.29, 0.717) is 11.1 Å². The number of carbonyl (C=O) groups excluding carboxylic acids is 1. The van der Waals surface area contributed by atoms with E-state index in [2.05, 4.69) is 12.1 Å². The molecule has 5 aromatic rings. The van der Waals surface area contributed by atoms with Crippen molar-refractivity contribution in [1.29, 1.82) is 15.8 Å². The van der Waals surface area contributed by atoms with Gasteiger partial charge in [0.15, 0.2) is 17.8 Å². The number of ether oxygens (including phenoxy) is 3. The summed E-state index contributed by atoms with van der Waals surface area (Å²) < 4.78 is 15.2. The first-order valence-corrected chi connectivity index (χ1v) is 14.2. The molecule has 0 N–H and O–H groups in total. The standard InChI is InChI=1S/C14H11NO2.C14H13NO.C9H8N2O3/c1-17-14(8-15)13-5-4-11-6-10(9-16)2-3-12(11)7-13;1-14(10-15,16-2)13-9-5-7-11-6-3-4-8-12(11)13;1-14-9(6-10)7-2-4-8(5-3-7)11(12)13/h2-7,9,14H,1H3;3-9H,1-2H3;2-5,9H,1H3. The van der Waals surface area contributed by atoms with Gasteiger partial charge in [-0.25, -0.2) is 0 Å². The third-order valence-corrected chi connectivity index (χ3v) is 7.36. The van der Waals surface area contributed by atoms with Gasteiger partial charge in [0.1, 0.15) is 12.4 Å². The van der Waals surface area contributed by atoms with E-state index >= 15 is 0 Å². The maximum Gasteiger partial charge on any atom is 0.269 e. The molecule has 0 aliphatic carbocycles. The summed E-state index contributed by atoms with van der Waals surface area (Å²) in [5.41, 5.74) is 2.11. The minimum Gasteiger partial charge on any atom is -0.362 e. The lowest BCUT2D eigenvalue weighted by molar-refractivity contribution is -0.384. The van der Waals surface area contributed by atoms with E-state index < -0.39 is 22.7 Å². The summed E-state index contributed by atoms with van der Waals surface area (Å²) in [6.07, 6.45) is -0.401. The first kappa shape index (κ1) is 35.5. The minimum absolute atomic E-state index is 0.00143. The van der Waals surface area contributed by atoms with E-state index in [1.807, 2.05) is 78.9 Å². The third kappa shape index (κ3) is 8.82. The highest BCUT2D eigenvalue weighted by atomic mass is 16.6. The Labute approximate surface area is 272 Å². The highest BCUT2D eigenvalue weighted by Crippen LogP contribution is 2.30. The van der Waals surface area contributed by atoms with Gasteiger partial charge in [0.05, 0.1) is 17.1 Å². The molecule has 0 aromatic heterocycles. The second kappa shape index (κ2) is 16.9. The van der Waals surface area contributed by atoms with Crippen LogP contribution in [0.15, 0.2) is 103 Å². The number of aldehydes is 1. The Hall–Kier alpha value is -5.96. The molecule has 0 heterocycles. The van der Waals surface area contributed by atoms with Crippen molar-refractivity contribution >= 4 is 33.5 Å². The summed E-state index contributed by atoms with van der Waals surface area (Å²) in [6, 6.07) is 36.9. The molecule has 3 atom stereocenters. The molecule has 3 unspecified atom stereocenters. The molecule has 0 saturated carbocycles. The zero-order valence-corrected chi connectivity index (χ0v) is 26.3. The van der Waals surface area contributed by atoms with Crippen molar-refractivity contribution in [3.8, 4) is 18.2 Å². The van der Waals surface area contributed by atoms with E-state index in [-0.39, 0.29) is 5.69 Å². The summed E-state index contributed by atoms with van der Waals surface area (Å²) in [5.74, 6) is 0. The van der Waals surface area contributed by atoms with Gasteiger partial charge in [0.2, 0.25) is 0 Å². The summed E-state index contributed by atoms with van der Waals surface area (Å²) >= 11 is 0. The summed E-state index contributed by atoms with van der Waals surface area (Å²) in [7, 11) is 4.48. The lowest BCUT2D eigenvalue weighted by atomic mass is 9.92. The Morgan fingerprint density at radius 2 is 1.32 bits per heavy atom. The van der Waals surface area contributed by atoms with Crippen LogP contribution < -0.4 is 0 Å². The predicted molar refractivity (Wildman–Crippen MR) is 177 cm³/mol. The molecule has 236 valence electrons. The van der Waals surface area contributed by atoms with Crippen molar-refractivity contribution < 1.29 is 23.9 Å². The largest absolute Gasteiger partial charge is 0.362 e. The average molecular weight is 629 g/mol. The van der Waals surface area contributed by atoms with E-state index in [1.165, 1.54) is 38.5 Å². The van der Waals surface area contributed by atoms with E-state index in [0.717, 1.165) is 39.0 Å². The first-order chi connectivity index (χ1) is 22.7. The molecule has 10 nitrogen and oxygen atoms in total. The number of fused-ring (bicyclic) bond motifs is 2. The molecule has 5 aromatic carbocycles. The molecule has 0 fully saturated rings. The van der Waals surface area contributed by atoms with Gasteiger partial charge in [-0.1, -0.05) is 66.7 Å². The average Bonchev–Trinajstić information content (AvgIpc) is 3.12. The Morgan fingerprint density at radius 3 is 1.89 bits per heavy atom. The number of nitriles is 3. The zero-order chi connectivity index (χ0) is 34.4. The lowest BCUT2D eigenvalue weighted by Gasteiger charge is -2.21. The van der Waals surface area contributed by atoms with Crippen molar-refractivity contribution in [2.45, 2.75) is 24.7 Å². The molecule has 0 saturated heterocycles. The maximum atomic E-state index is 10.7. The first-order valence-electron chi connectivity index (χ1n) is 14.2. The van der Waals surface area contributed by atoms with E-state index in [9.17, 15) is 20.2 Å². The van der Waals surface area contributed by atoms with Crippen LogP contribution >= 0.6 is 0 Å². The number of non-ortho nitro benzene ring substituents is 1. The van der Waals surface area contributed by atoms with Crippen LogP contribution in [0.1, 0.15) is 46.2 Å². The molecule has 5 rings (SSSR count). The zero-order valence-electron chi connectivity index (χ0n) is 26.3. The van der Waals surface area contributed by atoms with Crippen LogP contribution in [0.5, 0.6) is 0 Å². The van der Waals surface area contributed by atoms with Crippen LogP contribution in [0.3, 0.4) is 0 Å². The third-order valence-electron chi connectivity index (χ3n) is 7.36. The van der Waals surface area contributed by atoms with Gasteiger partial charge in [0, 0.05) is 44.6 Å². The maximum absolute atomic E-state index is 10.7. The fraction of sp³-hybridized carbons (Fsp3) is 0.189. The van der Waals surface area contributed by atoms with Gasteiger partial charge in [-0.15, -0.1) is 0 Å². The molecule has 0 radical (unpaired) electrons. The number of methoxy groups -OCH3 is 3. The van der Waals surface area contributed by atoms with Gasteiger partial charge < -0.3 is 14.2 Å². The minimum atomic E-state index is -0.888. The van der Waals surface area contributed by atoms with Crippen LogP contribution in [0.4, 0.5) is 5.69 Å². The van der Waals surface area contributed by atoms with Crippen LogP contribution in [-0.2, 0) is 19.8 Å². The molecule has 0 amide bonds. The van der Waals surface area contributed by atoms with Gasteiger partial charge in [0.25, 0.3) is 5.69 Å². The van der Waals surface area contributed by atoms with E-state index in [1.54, 1.807) is 20.1 Å². The second-order valence-corrected chi connectivity index (χ2v) is 10.2. The lowest BCUT2D eigenvalue weighted by Crippen LogP contribution is -2.22. The van der Waals surface area contributed by atoms with Gasteiger partial charge in [-0.2, -0.15) is 15.8 Å². The molecular weight excluding hydrogens is 596 g/mol. The Morgan fingerprint density at radius 1 is 0.745 bits per heavy atom. The van der Waals surface area contributed by atoms with Crippen LogP contribution in [0.25, 0.3) is 21.5 Å². The number of carbonyl (C=O) groups is 1. The normalized spacial score (nSPS) is 12.7. The summed E-state index contributed by atoms with van der Waals surface area (Å²) in [5, 5.41) is 41.3. The monoisotopic (exact) mass is 628 g/mol. The molecular formula is C37H32N4O6. The number of hydrogen-bond donors (Lipinski definition) is 0. The van der Waals surface area contributed by atoms with Gasteiger partial charge >= 0.3 is 0 Å². The van der Waals surface area contributed by atoms with Crippen molar-refractivity contribution in [3.63, 3.8) is 0 Å². The highest BCUT2D eigenvalue weighted by molar-refractivity contribution is 5.89. The number of nitro groups is 1. The summed E-state index contributed by atoms with van der Waals surface area (Å²) in [6.45, 7) is 1.79. The van der Waals surface area contributed by atoms with Crippen LogP contribution in [0, 0.1) is 44.1 Å². The summed E-state index contributed by atoms with van der Waals surface area (Å²) in [4.78, 5) is 20.5. The van der Waals surface area contributed by atoms with Crippen molar-refractivity contribution in [2.24, 2.45) is 0 Å². The van der Waals surface area contributed by atoms with Crippen LogP contribution in [-0.4, -0.2) is 32.5 Å². The number of nitro benzene ring substituents is 1. The second-order valence-electron chi connectivity index (χ2n) is 10.2. The Kier molecular flexibility index (Phi) is 12.8. The molecule has 47 heavy (non-hydrogen) atoms. The molecule has 0 bridgehead atoms. The predicted octanol–water partition coefficient (Wildman–Crippen LogP) is 7.89. The molecule has 0 spiro atoms. The van der Waals surface area contributed by atoms with Gasteiger partial charge in [-0.3, -0.25) is 14.9 Å². The van der Waals surface area contributed by atoms with Crippen LogP contribution in [0.2, 0.25) is 0 Å². The Bertz CT molecular complexity index is 1970. The number of hydrogen-bond acceptors (Lipinski definition) is 9. The number of nitrogens with zero attached hydrogens (tertiary/aromatic N) is 4. The SMILES string of the molecule is COC(C#N)c1ccc([N+](=O)[O-])cc1.COC(C#N)c1ccc2cc(C=O)ccc2c1.COC(C)(C#N)c1cccc2ccccc12. The van der Waals surface area contributed by atoms with Crippen molar-refractivity contribution in [2.75, 3.05) is 21.3 Å². The number of benzene rings is 5. The number of rotatable bonds is 8.